The molecular formula is C66H42N8. The molecule has 0 amide bonds. The second-order valence-electron chi connectivity index (χ2n) is 18.3. The molecule has 0 radical (unpaired) electrons. The van der Waals surface area contributed by atoms with Crippen molar-refractivity contribution in [1.29, 1.82) is 0 Å². The minimum atomic E-state index is 0.521. The predicted octanol–water partition coefficient (Wildman–Crippen LogP) is 15.9. The molecule has 4 heterocycles. The SMILES string of the molecule is c1ccc(-c2nc(-c3ccc(-c4ccc5c(c4)c4ccccc4n5-c4ccccc4)c(-c4nc(-c5ccccc5)nc(-c5ccccc5)n4)c3)nc(-c3ccc4c5ccccc5n(-c5ccccc5)c4c3)n2)cc1. The van der Waals surface area contributed by atoms with Crippen molar-refractivity contribution in [2.24, 2.45) is 0 Å². The first-order valence-corrected chi connectivity index (χ1v) is 24.7. The zero-order valence-electron chi connectivity index (χ0n) is 39.8. The van der Waals surface area contributed by atoms with Gasteiger partial charge >= 0.3 is 0 Å². The molecule has 14 aromatic rings. The van der Waals surface area contributed by atoms with E-state index < -0.39 is 0 Å². The number of hydrogen-bond donors (Lipinski definition) is 0. The van der Waals surface area contributed by atoms with Gasteiger partial charge < -0.3 is 9.13 Å². The van der Waals surface area contributed by atoms with Gasteiger partial charge in [-0.15, -0.1) is 0 Å². The van der Waals surface area contributed by atoms with E-state index in [9.17, 15) is 0 Å². The molecule has 0 N–H and O–H groups in total. The van der Waals surface area contributed by atoms with Gasteiger partial charge in [-0.3, -0.25) is 0 Å². The summed E-state index contributed by atoms with van der Waals surface area (Å²) in [4.78, 5) is 31.5. The molecule has 8 heteroatoms. The van der Waals surface area contributed by atoms with E-state index in [2.05, 4.69) is 167 Å². The third-order valence-corrected chi connectivity index (χ3v) is 13.8. The minimum absolute atomic E-state index is 0.521. The van der Waals surface area contributed by atoms with Crippen LogP contribution in [-0.4, -0.2) is 39.0 Å². The maximum Gasteiger partial charge on any atom is 0.164 e. The molecule has 0 saturated heterocycles. The number of aromatic nitrogens is 8. The van der Waals surface area contributed by atoms with Crippen LogP contribution in [0.5, 0.6) is 0 Å². The van der Waals surface area contributed by atoms with E-state index >= 15 is 0 Å². The number of para-hydroxylation sites is 4. The number of benzene rings is 10. The zero-order chi connectivity index (χ0) is 49.0. The van der Waals surface area contributed by atoms with Crippen molar-refractivity contribution in [1.82, 2.24) is 39.0 Å². The monoisotopic (exact) mass is 946 g/mol. The van der Waals surface area contributed by atoms with Crippen LogP contribution >= 0.6 is 0 Å². The van der Waals surface area contributed by atoms with Crippen LogP contribution in [0.2, 0.25) is 0 Å². The molecule has 0 aliphatic heterocycles. The largest absolute Gasteiger partial charge is 0.309 e. The maximum atomic E-state index is 5.35. The Labute approximate surface area is 426 Å². The van der Waals surface area contributed by atoms with E-state index in [-0.39, 0.29) is 0 Å². The molecule has 0 atom stereocenters. The van der Waals surface area contributed by atoms with Gasteiger partial charge in [0.05, 0.1) is 22.1 Å². The summed E-state index contributed by atoms with van der Waals surface area (Å²) in [7, 11) is 0. The predicted molar refractivity (Wildman–Crippen MR) is 300 cm³/mol. The van der Waals surface area contributed by atoms with Crippen LogP contribution in [0.1, 0.15) is 0 Å². The molecule has 0 aliphatic carbocycles. The summed E-state index contributed by atoms with van der Waals surface area (Å²) in [6, 6.07) is 88.2. The molecule has 8 nitrogen and oxygen atoms in total. The second-order valence-corrected chi connectivity index (χ2v) is 18.3. The Kier molecular flexibility index (Phi) is 10.3. The molecule has 4 aromatic heterocycles. The van der Waals surface area contributed by atoms with Crippen molar-refractivity contribution in [3.05, 3.63) is 255 Å². The van der Waals surface area contributed by atoms with E-state index in [4.69, 9.17) is 29.9 Å². The lowest BCUT2D eigenvalue weighted by molar-refractivity contribution is 1.07. The van der Waals surface area contributed by atoms with Gasteiger partial charge in [0, 0.05) is 66.3 Å². The van der Waals surface area contributed by atoms with Crippen molar-refractivity contribution >= 4 is 43.6 Å². The summed E-state index contributed by atoms with van der Waals surface area (Å²) >= 11 is 0. The first kappa shape index (κ1) is 42.7. The van der Waals surface area contributed by atoms with E-state index in [0.717, 1.165) is 94.1 Å². The first-order chi connectivity index (χ1) is 36.7. The Morgan fingerprint density at radius 2 is 0.568 bits per heavy atom. The number of hydrogen-bond acceptors (Lipinski definition) is 6. The van der Waals surface area contributed by atoms with Crippen LogP contribution in [0.4, 0.5) is 0 Å². The van der Waals surface area contributed by atoms with Crippen LogP contribution in [0.25, 0.3) is 134 Å². The van der Waals surface area contributed by atoms with Gasteiger partial charge in [-0.1, -0.05) is 194 Å². The molecular weight excluding hydrogens is 905 g/mol. The van der Waals surface area contributed by atoms with Gasteiger partial charge in [-0.05, 0) is 71.8 Å². The standard InChI is InChI=1S/C66H42N8/c1-6-20-43(21-7-1)61-68-64(70-65(69-61)48-35-38-54-52-30-16-18-32-57(52)74(60(54)42-48)50-28-14-5-15-29-50)47-34-37-51(46-36-39-59-55(40-46)53-31-17-19-33-58(53)73(59)49-26-12-4-13-27-49)56(41-47)66-71-62(44-22-8-2-9-23-44)67-63(72-66)45-24-10-3-11-25-45/h1-42H. The summed E-state index contributed by atoms with van der Waals surface area (Å²) < 4.78 is 4.66. The number of rotatable bonds is 9. The summed E-state index contributed by atoms with van der Waals surface area (Å²) in [5.41, 5.74) is 13.7. The average Bonchev–Trinajstić information content (AvgIpc) is 4.02. The highest BCUT2D eigenvalue weighted by molar-refractivity contribution is 6.11. The highest BCUT2D eigenvalue weighted by Gasteiger charge is 2.22. The van der Waals surface area contributed by atoms with E-state index in [1.165, 1.54) is 5.39 Å². The summed E-state index contributed by atoms with van der Waals surface area (Å²) in [5, 5.41) is 4.63. The molecule has 346 valence electrons. The Bertz CT molecular complexity index is 4340. The van der Waals surface area contributed by atoms with Crippen molar-refractivity contribution in [2.75, 3.05) is 0 Å². The van der Waals surface area contributed by atoms with Gasteiger partial charge in [0.25, 0.3) is 0 Å². The topological polar surface area (TPSA) is 87.2 Å². The Hall–Kier alpha value is -10.2. The molecule has 74 heavy (non-hydrogen) atoms. The van der Waals surface area contributed by atoms with Gasteiger partial charge in [0.1, 0.15) is 0 Å². The molecule has 0 bridgehead atoms. The van der Waals surface area contributed by atoms with E-state index in [1.807, 2.05) is 97.1 Å². The van der Waals surface area contributed by atoms with Gasteiger partial charge in [-0.25, -0.2) is 29.9 Å². The smallest absolute Gasteiger partial charge is 0.164 e. The molecule has 0 spiro atoms. The van der Waals surface area contributed by atoms with Gasteiger partial charge in [-0.2, -0.15) is 0 Å². The molecule has 0 unspecified atom stereocenters. The van der Waals surface area contributed by atoms with Crippen LogP contribution in [0, 0.1) is 0 Å². The lowest BCUT2D eigenvalue weighted by Gasteiger charge is -2.15. The zero-order valence-corrected chi connectivity index (χ0v) is 39.8. The third-order valence-electron chi connectivity index (χ3n) is 13.8. The molecule has 0 saturated carbocycles. The van der Waals surface area contributed by atoms with Crippen LogP contribution in [-0.2, 0) is 0 Å². The van der Waals surface area contributed by atoms with E-state index in [0.29, 0.717) is 34.9 Å². The Balaban J connectivity index is 1.00. The quantitative estimate of drug-likeness (QED) is 0.143. The van der Waals surface area contributed by atoms with Gasteiger partial charge in [0.2, 0.25) is 0 Å². The number of fused-ring (bicyclic) bond motifs is 6. The summed E-state index contributed by atoms with van der Waals surface area (Å²) in [6.45, 7) is 0. The van der Waals surface area contributed by atoms with E-state index in [1.54, 1.807) is 0 Å². The summed E-state index contributed by atoms with van der Waals surface area (Å²) in [6.07, 6.45) is 0. The van der Waals surface area contributed by atoms with Crippen LogP contribution in [0.3, 0.4) is 0 Å². The first-order valence-electron chi connectivity index (χ1n) is 24.7. The Morgan fingerprint density at radius 3 is 1.09 bits per heavy atom. The highest BCUT2D eigenvalue weighted by atomic mass is 15.1. The highest BCUT2D eigenvalue weighted by Crippen LogP contribution is 2.41. The lowest BCUT2D eigenvalue weighted by Crippen LogP contribution is -2.03. The number of nitrogens with zero attached hydrogens (tertiary/aromatic N) is 8. The maximum absolute atomic E-state index is 5.35. The fourth-order valence-corrected chi connectivity index (χ4v) is 10.4. The second kappa shape index (κ2) is 17.9. The van der Waals surface area contributed by atoms with Gasteiger partial charge in [0.15, 0.2) is 34.9 Å². The lowest BCUT2D eigenvalue weighted by atomic mass is 9.95. The van der Waals surface area contributed by atoms with Crippen LogP contribution in [0.15, 0.2) is 255 Å². The van der Waals surface area contributed by atoms with Crippen molar-refractivity contribution in [3.63, 3.8) is 0 Å². The third kappa shape index (κ3) is 7.48. The van der Waals surface area contributed by atoms with Crippen LogP contribution < -0.4 is 0 Å². The molecule has 14 rings (SSSR count). The molecule has 10 aromatic carbocycles. The van der Waals surface area contributed by atoms with Crippen molar-refractivity contribution < 1.29 is 0 Å². The average molecular weight is 947 g/mol. The fourth-order valence-electron chi connectivity index (χ4n) is 10.4. The van der Waals surface area contributed by atoms with Crippen molar-refractivity contribution in [3.8, 4) is 90.8 Å². The molecule has 0 fully saturated rings. The minimum Gasteiger partial charge on any atom is -0.309 e. The molecule has 0 aliphatic rings. The van der Waals surface area contributed by atoms with Crippen molar-refractivity contribution in [2.45, 2.75) is 0 Å². The summed E-state index contributed by atoms with van der Waals surface area (Å²) in [5.74, 6) is 3.32. The normalized spacial score (nSPS) is 11.5. The fraction of sp³-hybridized carbons (Fsp3) is 0. The Morgan fingerprint density at radius 1 is 0.203 bits per heavy atom.